The second kappa shape index (κ2) is 12.7. The van der Waals surface area contributed by atoms with Gasteiger partial charge in [0.2, 0.25) is 0 Å². The zero-order chi connectivity index (χ0) is 25.3. The maximum absolute atomic E-state index is 11.7. The van der Waals surface area contributed by atoms with Gasteiger partial charge in [0.25, 0.3) is 0 Å². The van der Waals surface area contributed by atoms with Crippen LogP contribution in [-0.4, -0.2) is 48.5 Å². The number of aliphatic hydroxyl groups is 1. The molecule has 190 valence electrons. The first-order valence-corrected chi connectivity index (χ1v) is 13.0. The van der Waals surface area contributed by atoms with E-state index >= 15 is 0 Å². The number of phenolic OH excluding ortho intramolecular Hbond substituents is 1. The minimum absolute atomic E-state index is 0.0127. The highest BCUT2D eigenvalue weighted by molar-refractivity contribution is 7.16. The molecule has 0 amide bonds. The summed E-state index contributed by atoms with van der Waals surface area (Å²) in [6.07, 6.45) is 1.97. The molecule has 1 aromatic heterocycles. The van der Waals surface area contributed by atoms with Gasteiger partial charge in [0.1, 0.15) is 17.0 Å². The molecule has 0 saturated carbocycles. The minimum Gasteiger partial charge on any atom is -0.506 e. The van der Waals surface area contributed by atoms with Gasteiger partial charge in [0, 0.05) is 12.1 Å². The summed E-state index contributed by atoms with van der Waals surface area (Å²) in [6, 6.07) is 19.9. The monoisotopic (exact) mass is 507 g/mol. The van der Waals surface area contributed by atoms with Crippen molar-refractivity contribution in [1.82, 2.24) is 15.6 Å². The lowest BCUT2D eigenvalue weighted by Gasteiger charge is -2.14. The van der Waals surface area contributed by atoms with E-state index < -0.39 is 6.10 Å². The van der Waals surface area contributed by atoms with Crippen molar-refractivity contribution < 1.29 is 14.9 Å². The number of aromatic hydroxyl groups is 1. The first-order chi connectivity index (χ1) is 17.5. The fourth-order valence-corrected chi connectivity index (χ4v) is 5.23. The van der Waals surface area contributed by atoms with Crippen LogP contribution in [-0.2, 0) is 19.3 Å². The summed E-state index contributed by atoms with van der Waals surface area (Å²) in [5.41, 5.74) is 4.78. The summed E-state index contributed by atoms with van der Waals surface area (Å²) in [6.45, 7) is 2.90. The van der Waals surface area contributed by atoms with Crippen LogP contribution >= 0.6 is 11.3 Å². The molecule has 1 atom stereocenters. The molecule has 7 nitrogen and oxygen atoms in total. The number of aliphatic hydroxyl groups excluding tert-OH is 1. The Morgan fingerprint density at radius 2 is 1.67 bits per heavy atom. The van der Waals surface area contributed by atoms with Crippen LogP contribution in [0.3, 0.4) is 0 Å². The Balaban J connectivity index is 1.19. The maximum atomic E-state index is 11.7. The van der Waals surface area contributed by atoms with Crippen LogP contribution in [0.5, 0.6) is 11.5 Å². The number of aromatic nitrogens is 1. The van der Waals surface area contributed by atoms with E-state index in [1.165, 1.54) is 22.8 Å². The summed E-state index contributed by atoms with van der Waals surface area (Å²) in [7, 11) is 1.71. The molecule has 36 heavy (non-hydrogen) atoms. The van der Waals surface area contributed by atoms with Crippen molar-refractivity contribution in [2.75, 3.05) is 33.3 Å². The van der Waals surface area contributed by atoms with Gasteiger partial charge in [-0.05, 0) is 67.7 Å². The molecule has 0 aliphatic rings. The third kappa shape index (κ3) is 6.73. The van der Waals surface area contributed by atoms with Gasteiger partial charge in [-0.1, -0.05) is 59.9 Å². The second-order valence-electron chi connectivity index (χ2n) is 8.74. The molecule has 4 aromatic rings. The van der Waals surface area contributed by atoms with Crippen molar-refractivity contribution in [2.45, 2.75) is 25.4 Å². The molecule has 0 unspecified atom stereocenters. The zero-order valence-electron chi connectivity index (χ0n) is 20.4. The molecule has 0 bridgehead atoms. The Bertz CT molecular complexity index is 1330. The lowest BCUT2D eigenvalue weighted by atomic mass is 10.1. The van der Waals surface area contributed by atoms with E-state index in [2.05, 4.69) is 45.9 Å². The summed E-state index contributed by atoms with van der Waals surface area (Å²) in [5, 5.41) is 27.4. The van der Waals surface area contributed by atoms with E-state index in [4.69, 9.17) is 4.74 Å². The molecular weight excluding hydrogens is 474 g/mol. The lowest BCUT2D eigenvalue weighted by Crippen LogP contribution is -2.24. The molecular formula is C28H33N3O4S. The van der Waals surface area contributed by atoms with E-state index in [0.717, 1.165) is 56.0 Å². The fraction of sp³-hybridized carbons (Fsp3) is 0.321. The number of rotatable bonds is 13. The smallest absolute Gasteiger partial charge is 0.305 e. The van der Waals surface area contributed by atoms with Crippen LogP contribution in [0.15, 0.2) is 65.5 Å². The Morgan fingerprint density at radius 1 is 0.944 bits per heavy atom. The number of fused-ring (bicyclic) bond motifs is 1. The molecule has 0 aliphatic heterocycles. The Hall–Kier alpha value is -3.17. The quantitative estimate of drug-likeness (QED) is 0.177. The maximum Gasteiger partial charge on any atom is 0.305 e. The highest BCUT2D eigenvalue weighted by Gasteiger charge is 2.16. The van der Waals surface area contributed by atoms with E-state index in [1.807, 2.05) is 18.2 Å². The zero-order valence-corrected chi connectivity index (χ0v) is 21.2. The van der Waals surface area contributed by atoms with Crippen molar-refractivity contribution >= 4 is 21.6 Å². The van der Waals surface area contributed by atoms with Gasteiger partial charge in [0.15, 0.2) is 0 Å². The van der Waals surface area contributed by atoms with E-state index in [0.29, 0.717) is 22.3 Å². The molecule has 5 N–H and O–H groups in total. The third-order valence-electron chi connectivity index (χ3n) is 6.22. The number of thiazole rings is 1. The molecule has 1 heterocycles. The summed E-state index contributed by atoms with van der Waals surface area (Å²) in [5.74, 6) is 0.949. The minimum atomic E-state index is -0.771. The topological polar surface area (TPSA) is 107 Å². The number of benzene rings is 3. The van der Waals surface area contributed by atoms with Crippen LogP contribution < -0.4 is 20.2 Å². The lowest BCUT2D eigenvalue weighted by molar-refractivity contribution is 0.176. The number of ether oxygens (including phenoxy) is 1. The number of methoxy groups -OCH3 is 1. The van der Waals surface area contributed by atoms with E-state index in [9.17, 15) is 15.0 Å². The molecule has 0 aliphatic carbocycles. The van der Waals surface area contributed by atoms with Gasteiger partial charge in [0.05, 0.1) is 17.9 Å². The van der Waals surface area contributed by atoms with Gasteiger partial charge < -0.3 is 30.6 Å². The summed E-state index contributed by atoms with van der Waals surface area (Å²) < 4.78 is 6.01. The molecule has 3 aromatic carbocycles. The number of aromatic amines is 1. The standard InChI is InChI=1S/C28H33N3O4S/c1-35-25-8-3-2-7-21(25)13-16-29-14-11-19-5-4-6-20(17-19)12-15-30-18-24(33)22-9-10-23(32)26-27(22)36-28(34)31-26/h2-10,17,24,29-30,32-33H,11-16,18H2,1H3,(H,31,34)/t24-/m0/s1. The van der Waals surface area contributed by atoms with Crippen molar-refractivity contribution in [3.8, 4) is 11.5 Å². The average molecular weight is 508 g/mol. The van der Waals surface area contributed by atoms with E-state index in [1.54, 1.807) is 13.2 Å². The fourth-order valence-electron chi connectivity index (χ4n) is 4.31. The van der Waals surface area contributed by atoms with Crippen LogP contribution in [0.25, 0.3) is 10.2 Å². The number of nitrogens with one attached hydrogen (secondary N) is 3. The number of phenols is 1. The first-order valence-electron chi connectivity index (χ1n) is 12.2. The number of hydrogen-bond donors (Lipinski definition) is 5. The second-order valence-corrected chi connectivity index (χ2v) is 9.73. The van der Waals surface area contributed by atoms with Crippen molar-refractivity contribution in [3.05, 3.63) is 92.6 Å². The number of H-pyrrole nitrogens is 1. The predicted molar refractivity (Wildman–Crippen MR) is 145 cm³/mol. The molecule has 4 rings (SSSR count). The van der Waals surface area contributed by atoms with Gasteiger partial charge >= 0.3 is 4.87 Å². The van der Waals surface area contributed by atoms with Gasteiger partial charge in [-0.15, -0.1) is 0 Å². The molecule has 0 spiro atoms. The molecule has 0 fully saturated rings. The van der Waals surface area contributed by atoms with Gasteiger partial charge in [-0.25, -0.2) is 0 Å². The van der Waals surface area contributed by atoms with Crippen LogP contribution in [0.1, 0.15) is 28.4 Å². The number of hydrogen-bond acceptors (Lipinski definition) is 7. The van der Waals surface area contributed by atoms with Crippen molar-refractivity contribution in [1.29, 1.82) is 0 Å². The third-order valence-corrected chi connectivity index (χ3v) is 7.15. The van der Waals surface area contributed by atoms with Gasteiger partial charge in [-0.2, -0.15) is 0 Å². The van der Waals surface area contributed by atoms with Gasteiger partial charge in [-0.3, -0.25) is 4.79 Å². The van der Waals surface area contributed by atoms with Crippen LogP contribution in [0.4, 0.5) is 0 Å². The largest absolute Gasteiger partial charge is 0.506 e. The summed E-state index contributed by atoms with van der Waals surface area (Å²) in [4.78, 5) is 14.1. The predicted octanol–water partition coefficient (Wildman–Crippen LogP) is 3.54. The normalized spacial score (nSPS) is 12.2. The first kappa shape index (κ1) is 25.9. The Labute approximate surface area is 214 Å². The average Bonchev–Trinajstić information content (AvgIpc) is 3.29. The molecule has 0 saturated heterocycles. The Kier molecular flexibility index (Phi) is 9.13. The van der Waals surface area contributed by atoms with E-state index in [-0.39, 0.29) is 10.6 Å². The summed E-state index contributed by atoms with van der Waals surface area (Å²) >= 11 is 0.999. The Morgan fingerprint density at radius 3 is 2.44 bits per heavy atom. The highest BCUT2D eigenvalue weighted by Crippen LogP contribution is 2.31. The van der Waals surface area contributed by atoms with Crippen molar-refractivity contribution in [2.24, 2.45) is 0 Å². The van der Waals surface area contributed by atoms with Crippen LogP contribution in [0, 0.1) is 0 Å². The number of para-hydroxylation sites is 1. The van der Waals surface area contributed by atoms with Crippen LogP contribution in [0.2, 0.25) is 0 Å². The molecule has 0 radical (unpaired) electrons. The van der Waals surface area contributed by atoms with Crippen molar-refractivity contribution in [3.63, 3.8) is 0 Å². The molecule has 8 heteroatoms. The SMILES string of the molecule is COc1ccccc1CCNCCc1cccc(CCNC[C@H](O)c2ccc(O)c3[nH]c(=O)sc23)c1. The highest BCUT2D eigenvalue weighted by atomic mass is 32.1.